The van der Waals surface area contributed by atoms with Gasteiger partial charge in [-0.15, -0.1) is 0 Å². The molecule has 0 atom stereocenters. The van der Waals surface area contributed by atoms with Crippen LogP contribution in [0.2, 0.25) is 0 Å². The summed E-state index contributed by atoms with van der Waals surface area (Å²) in [6, 6.07) is 5.00. The molecule has 1 aliphatic rings. The molecule has 1 aliphatic carbocycles. The number of hydrogen-bond acceptors (Lipinski definition) is 4. The van der Waals surface area contributed by atoms with Crippen molar-refractivity contribution in [3.05, 3.63) is 23.8 Å². The van der Waals surface area contributed by atoms with E-state index in [0.29, 0.717) is 42.6 Å². The van der Waals surface area contributed by atoms with Gasteiger partial charge in [0.05, 0.1) is 17.4 Å². The van der Waals surface area contributed by atoms with E-state index in [2.05, 4.69) is 10.0 Å². The fourth-order valence-electron chi connectivity index (χ4n) is 2.94. The van der Waals surface area contributed by atoms with E-state index in [1.807, 2.05) is 0 Å². The van der Waals surface area contributed by atoms with E-state index in [1.54, 1.807) is 32.0 Å². The molecule has 0 radical (unpaired) electrons. The van der Waals surface area contributed by atoms with E-state index in [9.17, 15) is 18.0 Å². The molecule has 3 N–H and O–H groups in total. The van der Waals surface area contributed by atoms with Gasteiger partial charge in [0.2, 0.25) is 15.9 Å². The smallest absolute Gasteiger partial charge is 0.306 e. The van der Waals surface area contributed by atoms with Crippen LogP contribution in [0.3, 0.4) is 0 Å². The summed E-state index contributed by atoms with van der Waals surface area (Å²) in [6.07, 6.45) is 2.17. The molecule has 0 aromatic heterocycles. The largest absolute Gasteiger partial charge is 0.481 e. The Kier molecular flexibility index (Phi) is 6.05. The Morgan fingerprint density at radius 1 is 1.16 bits per heavy atom. The number of sulfonamides is 1. The lowest BCUT2D eigenvalue weighted by atomic mass is 9.81. The van der Waals surface area contributed by atoms with Gasteiger partial charge in [0.15, 0.2) is 0 Å². The summed E-state index contributed by atoms with van der Waals surface area (Å²) >= 11 is 0. The zero-order valence-corrected chi connectivity index (χ0v) is 15.2. The average molecular weight is 368 g/mol. The molecule has 0 unspecified atom stereocenters. The number of aryl methyl sites for hydroxylation is 1. The Morgan fingerprint density at radius 2 is 1.76 bits per heavy atom. The van der Waals surface area contributed by atoms with E-state index in [0.717, 1.165) is 0 Å². The Labute approximate surface area is 147 Å². The van der Waals surface area contributed by atoms with Crippen molar-refractivity contribution in [3.63, 3.8) is 0 Å². The lowest BCUT2D eigenvalue weighted by Crippen LogP contribution is -2.29. The van der Waals surface area contributed by atoms with Crippen molar-refractivity contribution in [1.82, 2.24) is 0 Å². The highest BCUT2D eigenvalue weighted by molar-refractivity contribution is 7.92. The van der Waals surface area contributed by atoms with Crippen LogP contribution < -0.4 is 10.0 Å². The number of benzene rings is 1. The molecular weight excluding hydrogens is 344 g/mol. The molecule has 0 bridgehead atoms. The van der Waals surface area contributed by atoms with E-state index < -0.39 is 16.0 Å². The molecule has 25 heavy (non-hydrogen) atoms. The predicted octanol–water partition coefficient (Wildman–Crippen LogP) is 2.59. The second-order valence-electron chi connectivity index (χ2n) is 6.41. The second kappa shape index (κ2) is 7.86. The van der Waals surface area contributed by atoms with Gasteiger partial charge in [0.25, 0.3) is 0 Å². The monoisotopic (exact) mass is 368 g/mol. The summed E-state index contributed by atoms with van der Waals surface area (Å²) in [4.78, 5) is 23.3. The Morgan fingerprint density at radius 3 is 2.28 bits per heavy atom. The van der Waals surface area contributed by atoms with Crippen molar-refractivity contribution in [1.29, 1.82) is 0 Å². The zero-order valence-electron chi connectivity index (χ0n) is 14.4. The molecule has 1 aromatic rings. The first kappa shape index (κ1) is 19.2. The minimum Gasteiger partial charge on any atom is -0.481 e. The lowest BCUT2D eigenvalue weighted by Gasteiger charge is -2.25. The van der Waals surface area contributed by atoms with E-state index >= 15 is 0 Å². The van der Waals surface area contributed by atoms with E-state index in [1.165, 1.54) is 0 Å². The summed E-state index contributed by atoms with van der Waals surface area (Å²) in [5.41, 5.74) is 1.80. The van der Waals surface area contributed by atoms with Crippen molar-refractivity contribution in [3.8, 4) is 0 Å². The number of aliphatic carboxylic acids is 1. The third kappa shape index (κ3) is 5.19. The first-order chi connectivity index (χ1) is 11.7. The SMILES string of the molecule is CCS(=O)(=O)Nc1ccc(NC(=O)C2CCC(C(=O)O)CC2)cc1C. The molecule has 1 saturated carbocycles. The molecule has 1 fully saturated rings. The van der Waals surface area contributed by atoms with Gasteiger partial charge in [-0.25, -0.2) is 8.42 Å². The van der Waals surface area contributed by atoms with Crippen molar-refractivity contribution >= 4 is 33.3 Å². The van der Waals surface area contributed by atoms with E-state index in [4.69, 9.17) is 5.11 Å². The van der Waals surface area contributed by atoms with Crippen LogP contribution in [-0.2, 0) is 19.6 Å². The number of hydrogen-bond donors (Lipinski definition) is 3. The highest BCUT2D eigenvalue weighted by atomic mass is 32.2. The van der Waals surface area contributed by atoms with Crippen molar-refractivity contribution in [2.45, 2.75) is 39.5 Å². The predicted molar refractivity (Wildman–Crippen MR) is 96.0 cm³/mol. The first-order valence-corrected chi connectivity index (χ1v) is 10.0. The summed E-state index contributed by atoms with van der Waals surface area (Å²) in [7, 11) is -3.35. The van der Waals surface area contributed by atoms with Gasteiger partial charge in [-0.2, -0.15) is 0 Å². The normalized spacial score (nSPS) is 20.7. The fourth-order valence-corrected chi connectivity index (χ4v) is 3.65. The Hall–Kier alpha value is -2.09. The van der Waals surface area contributed by atoms with Gasteiger partial charge in [-0.1, -0.05) is 0 Å². The molecule has 0 heterocycles. The van der Waals surface area contributed by atoms with Crippen LogP contribution in [-0.4, -0.2) is 31.2 Å². The number of anilines is 2. The average Bonchev–Trinajstić information content (AvgIpc) is 2.57. The molecule has 0 spiro atoms. The van der Waals surface area contributed by atoms with Crippen LogP contribution >= 0.6 is 0 Å². The van der Waals surface area contributed by atoms with Crippen LogP contribution in [0.1, 0.15) is 38.2 Å². The van der Waals surface area contributed by atoms with Gasteiger partial charge < -0.3 is 10.4 Å². The fraction of sp³-hybridized carbons (Fsp3) is 0.529. The maximum absolute atomic E-state index is 12.3. The third-order valence-electron chi connectivity index (χ3n) is 4.59. The maximum atomic E-state index is 12.3. The summed E-state index contributed by atoms with van der Waals surface area (Å²) in [6.45, 7) is 3.33. The van der Waals surface area contributed by atoms with Gasteiger partial charge in [-0.05, 0) is 63.3 Å². The minimum atomic E-state index is -3.35. The molecule has 8 heteroatoms. The topological polar surface area (TPSA) is 113 Å². The molecule has 1 aromatic carbocycles. The minimum absolute atomic E-state index is 0.00998. The second-order valence-corrected chi connectivity index (χ2v) is 8.42. The number of amides is 1. The number of carboxylic acid groups (broad SMARTS) is 1. The molecule has 1 amide bonds. The summed E-state index contributed by atoms with van der Waals surface area (Å²) in [5.74, 6) is -1.46. The van der Waals surface area contributed by atoms with Gasteiger partial charge in [0, 0.05) is 11.6 Å². The molecular formula is C17H24N2O5S. The molecule has 0 aliphatic heterocycles. The van der Waals surface area contributed by atoms with Gasteiger partial charge >= 0.3 is 5.97 Å². The number of carboxylic acids is 1. The summed E-state index contributed by atoms with van der Waals surface area (Å²) in [5, 5.41) is 11.8. The Bertz CT molecular complexity index is 752. The van der Waals surface area contributed by atoms with Crippen LogP contribution in [0.4, 0.5) is 11.4 Å². The van der Waals surface area contributed by atoms with Crippen LogP contribution in [0.25, 0.3) is 0 Å². The van der Waals surface area contributed by atoms with Gasteiger partial charge in [0.1, 0.15) is 0 Å². The summed E-state index contributed by atoms with van der Waals surface area (Å²) < 4.78 is 25.8. The molecule has 7 nitrogen and oxygen atoms in total. The van der Waals surface area contributed by atoms with Crippen LogP contribution in [0.15, 0.2) is 18.2 Å². The number of carbonyl (C=O) groups excluding carboxylic acids is 1. The van der Waals surface area contributed by atoms with Crippen molar-refractivity contribution in [2.24, 2.45) is 11.8 Å². The highest BCUT2D eigenvalue weighted by Gasteiger charge is 2.29. The molecule has 0 saturated heterocycles. The molecule has 138 valence electrons. The quantitative estimate of drug-likeness (QED) is 0.714. The van der Waals surface area contributed by atoms with Gasteiger partial charge in [-0.3, -0.25) is 14.3 Å². The number of rotatable bonds is 6. The van der Waals surface area contributed by atoms with E-state index in [-0.39, 0.29) is 23.5 Å². The lowest BCUT2D eigenvalue weighted by molar-refractivity contribution is -0.143. The van der Waals surface area contributed by atoms with Crippen molar-refractivity contribution < 1.29 is 23.1 Å². The standard InChI is InChI=1S/C17H24N2O5S/c1-3-25(23,24)19-15-9-8-14(10-11(15)2)18-16(20)12-4-6-13(7-5-12)17(21)22/h8-10,12-13,19H,3-7H2,1-2H3,(H,18,20)(H,21,22). The number of nitrogens with one attached hydrogen (secondary N) is 2. The Balaban J connectivity index is 1.98. The molecule has 2 rings (SSSR count). The van der Waals surface area contributed by atoms with Crippen LogP contribution in [0, 0.1) is 18.8 Å². The first-order valence-electron chi connectivity index (χ1n) is 8.36. The van der Waals surface area contributed by atoms with Crippen molar-refractivity contribution in [2.75, 3.05) is 15.8 Å². The third-order valence-corrected chi connectivity index (χ3v) is 5.88. The highest BCUT2D eigenvalue weighted by Crippen LogP contribution is 2.30. The maximum Gasteiger partial charge on any atom is 0.306 e. The zero-order chi connectivity index (χ0) is 18.6. The number of carbonyl (C=O) groups is 2. The van der Waals surface area contributed by atoms with Crippen LogP contribution in [0.5, 0.6) is 0 Å².